The summed E-state index contributed by atoms with van der Waals surface area (Å²) in [6.45, 7) is 1.91. The highest BCUT2D eigenvalue weighted by atomic mass is 16.5. The molecule has 1 unspecified atom stereocenters. The number of nitriles is 1. The van der Waals surface area contributed by atoms with Crippen LogP contribution in [0.1, 0.15) is 12.5 Å². The van der Waals surface area contributed by atoms with Crippen LogP contribution in [0.5, 0.6) is 5.75 Å². The van der Waals surface area contributed by atoms with Crippen LogP contribution in [0, 0.1) is 11.3 Å². The lowest BCUT2D eigenvalue weighted by atomic mass is 9.94. The Morgan fingerprint density at radius 1 is 1.10 bits per heavy atom. The molecule has 0 saturated carbocycles. The maximum atomic E-state index is 9.47. The molecule has 20 heavy (non-hydrogen) atoms. The third kappa shape index (κ3) is 3.52. The second kappa shape index (κ2) is 6.12. The minimum atomic E-state index is -0.643. The van der Waals surface area contributed by atoms with E-state index in [4.69, 9.17) is 4.74 Å². The highest BCUT2D eigenvalue weighted by Gasteiger charge is 2.24. The van der Waals surface area contributed by atoms with Crippen molar-refractivity contribution >= 4 is 5.69 Å². The topological polar surface area (TPSA) is 45.0 Å². The third-order valence-corrected chi connectivity index (χ3v) is 3.16. The fourth-order valence-corrected chi connectivity index (χ4v) is 2.10. The summed E-state index contributed by atoms with van der Waals surface area (Å²) in [7, 11) is 1.64. The van der Waals surface area contributed by atoms with Gasteiger partial charge in [-0.05, 0) is 36.8 Å². The molecule has 102 valence electrons. The van der Waals surface area contributed by atoms with Gasteiger partial charge in [0, 0.05) is 12.1 Å². The molecule has 0 aromatic heterocycles. The number of benzene rings is 2. The van der Waals surface area contributed by atoms with E-state index in [0.29, 0.717) is 6.42 Å². The van der Waals surface area contributed by atoms with Gasteiger partial charge in [-0.15, -0.1) is 0 Å². The first-order valence-electron chi connectivity index (χ1n) is 6.53. The van der Waals surface area contributed by atoms with Gasteiger partial charge in [-0.2, -0.15) is 5.26 Å². The van der Waals surface area contributed by atoms with E-state index in [1.54, 1.807) is 7.11 Å². The number of para-hydroxylation sites is 1. The van der Waals surface area contributed by atoms with E-state index in [1.165, 1.54) is 0 Å². The predicted octanol–water partition coefficient (Wildman–Crippen LogP) is 3.63. The average molecular weight is 266 g/mol. The summed E-state index contributed by atoms with van der Waals surface area (Å²) in [5, 5.41) is 12.8. The van der Waals surface area contributed by atoms with Crippen molar-refractivity contribution in [2.45, 2.75) is 18.9 Å². The normalized spacial score (nSPS) is 13.1. The van der Waals surface area contributed by atoms with Crippen LogP contribution in [0.15, 0.2) is 54.6 Å². The second-order valence-electron chi connectivity index (χ2n) is 4.96. The number of anilines is 1. The van der Waals surface area contributed by atoms with Crippen molar-refractivity contribution in [1.29, 1.82) is 5.26 Å². The smallest absolute Gasteiger partial charge is 0.126 e. The fourth-order valence-electron chi connectivity index (χ4n) is 2.10. The molecule has 0 spiro atoms. The number of methoxy groups -OCH3 is 1. The van der Waals surface area contributed by atoms with Crippen molar-refractivity contribution in [2.75, 3.05) is 12.4 Å². The molecule has 2 aromatic rings. The van der Waals surface area contributed by atoms with Crippen molar-refractivity contribution in [2.24, 2.45) is 0 Å². The quantitative estimate of drug-likeness (QED) is 0.898. The van der Waals surface area contributed by atoms with Crippen LogP contribution >= 0.6 is 0 Å². The highest BCUT2D eigenvalue weighted by molar-refractivity contribution is 5.48. The number of hydrogen-bond acceptors (Lipinski definition) is 3. The second-order valence-corrected chi connectivity index (χ2v) is 4.96. The zero-order valence-electron chi connectivity index (χ0n) is 11.8. The molecule has 0 aliphatic heterocycles. The summed E-state index contributed by atoms with van der Waals surface area (Å²) in [5.74, 6) is 0.823. The number of nitrogens with zero attached hydrogens (tertiary/aromatic N) is 1. The molecule has 3 nitrogen and oxygen atoms in total. The Kier molecular flexibility index (Phi) is 4.27. The van der Waals surface area contributed by atoms with E-state index in [0.717, 1.165) is 17.0 Å². The predicted molar refractivity (Wildman–Crippen MR) is 80.8 cm³/mol. The van der Waals surface area contributed by atoms with Gasteiger partial charge in [-0.3, -0.25) is 0 Å². The van der Waals surface area contributed by atoms with Crippen LogP contribution < -0.4 is 10.1 Å². The molecule has 3 heteroatoms. The van der Waals surface area contributed by atoms with Crippen molar-refractivity contribution in [3.8, 4) is 11.8 Å². The third-order valence-electron chi connectivity index (χ3n) is 3.16. The van der Waals surface area contributed by atoms with Gasteiger partial charge in [-0.25, -0.2) is 0 Å². The molecule has 0 radical (unpaired) electrons. The summed E-state index contributed by atoms with van der Waals surface area (Å²) in [6.07, 6.45) is 0.627. The monoisotopic (exact) mass is 266 g/mol. The maximum absolute atomic E-state index is 9.47. The van der Waals surface area contributed by atoms with Crippen LogP contribution in [0.3, 0.4) is 0 Å². The van der Waals surface area contributed by atoms with Crippen LogP contribution in [0.2, 0.25) is 0 Å². The maximum Gasteiger partial charge on any atom is 0.126 e. The van der Waals surface area contributed by atoms with Crippen LogP contribution in [0.4, 0.5) is 5.69 Å². The molecule has 0 aliphatic rings. The SMILES string of the molecule is COc1ccc(CC(C)(C#N)Nc2ccccc2)cc1. The molecular weight excluding hydrogens is 248 g/mol. The Balaban J connectivity index is 2.12. The van der Waals surface area contributed by atoms with Crippen molar-refractivity contribution in [3.63, 3.8) is 0 Å². The van der Waals surface area contributed by atoms with Gasteiger partial charge in [0.05, 0.1) is 13.2 Å². The summed E-state index contributed by atoms with van der Waals surface area (Å²) >= 11 is 0. The first kappa shape index (κ1) is 14.0. The first-order valence-corrected chi connectivity index (χ1v) is 6.53. The number of rotatable bonds is 5. The fraction of sp³-hybridized carbons (Fsp3) is 0.235. The Hall–Kier alpha value is -2.47. The van der Waals surface area contributed by atoms with Crippen molar-refractivity contribution in [3.05, 3.63) is 60.2 Å². The molecule has 0 aliphatic carbocycles. The molecule has 0 saturated heterocycles. The van der Waals surface area contributed by atoms with E-state index >= 15 is 0 Å². The molecule has 0 bridgehead atoms. The van der Waals surface area contributed by atoms with Crippen molar-refractivity contribution < 1.29 is 4.74 Å². The van der Waals surface area contributed by atoms with Crippen LogP contribution in [-0.4, -0.2) is 12.6 Å². The number of nitrogens with one attached hydrogen (secondary N) is 1. The van der Waals surface area contributed by atoms with Gasteiger partial charge in [0.25, 0.3) is 0 Å². The van der Waals surface area contributed by atoms with E-state index < -0.39 is 5.54 Å². The van der Waals surface area contributed by atoms with Gasteiger partial charge in [0.15, 0.2) is 0 Å². The number of ether oxygens (including phenoxy) is 1. The minimum absolute atomic E-state index is 0.627. The summed E-state index contributed by atoms with van der Waals surface area (Å²) in [4.78, 5) is 0. The molecule has 1 N–H and O–H groups in total. The lowest BCUT2D eigenvalue weighted by Gasteiger charge is -2.24. The lowest BCUT2D eigenvalue weighted by Crippen LogP contribution is -2.35. The minimum Gasteiger partial charge on any atom is -0.497 e. The zero-order valence-corrected chi connectivity index (χ0v) is 11.8. The van der Waals surface area contributed by atoms with E-state index in [9.17, 15) is 5.26 Å². The van der Waals surface area contributed by atoms with E-state index in [-0.39, 0.29) is 0 Å². The molecule has 1 atom stereocenters. The Bertz CT molecular complexity index is 587. The highest BCUT2D eigenvalue weighted by Crippen LogP contribution is 2.21. The van der Waals surface area contributed by atoms with Crippen molar-refractivity contribution in [1.82, 2.24) is 0 Å². The van der Waals surface area contributed by atoms with E-state index in [2.05, 4.69) is 11.4 Å². The molecule has 0 heterocycles. The van der Waals surface area contributed by atoms with Gasteiger partial charge >= 0.3 is 0 Å². The summed E-state index contributed by atoms with van der Waals surface area (Å²) in [6, 6.07) is 19.9. The number of hydrogen-bond donors (Lipinski definition) is 1. The standard InChI is InChI=1S/C17H18N2O/c1-17(13-18,19-15-6-4-3-5-7-15)12-14-8-10-16(20-2)11-9-14/h3-11,19H,12H2,1-2H3. The zero-order chi connectivity index (χ0) is 14.4. The first-order chi connectivity index (χ1) is 9.65. The van der Waals surface area contributed by atoms with Gasteiger partial charge in [0.1, 0.15) is 11.3 Å². The average Bonchev–Trinajstić information content (AvgIpc) is 2.49. The van der Waals surface area contributed by atoms with Gasteiger partial charge in [-0.1, -0.05) is 30.3 Å². The largest absolute Gasteiger partial charge is 0.497 e. The summed E-state index contributed by atoms with van der Waals surface area (Å²) in [5.41, 5.74) is 1.40. The molecule has 0 amide bonds. The molecular formula is C17H18N2O. The molecule has 0 fully saturated rings. The van der Waals surface area contributed by atoms with Gasteiger partial charge in [0.2, 0.25) is 0 Å². The Morgan fingerprint density at radius 3 is 2.30 bits per heavy atom. The van der Waals surface area contributed by atoms with Crippen LogP contribution in [-0.2, 0) is 6.42 Å². The summed E-state index contributed by atoms with van der Waals surface area (Å²) < 4.78 is 5.14. The van der Waals surface area contributed by atoms with Crippen LogP contribution in [0.25, 0.3) is 0 Å². The lowest BCUT2D eigenvalue weighted by molar-refractivity contribution is 0.414. The van der Waals surface area contributed by atoms with E-state index in [1.807, 2.05) is 61.5 Å². The van der Waals surface area contributed by atoms with Gasteiger partial charge < -0.3 is 10.1 Å². The Labute approximate surface area is 119 Å². The molecule has 2 aromatic carbocycles. The molecule has 2 rings (SSSR count). The Morgan fingerprint density at radius 2 is 1.75 bits per heavy atom.